The smallest absolute Gasteiger partial charge is 0.327 e. The van der Waals surface area contributed by atoms with Gasteiger partial charge in [0.15, 0.2) is 0 Å². The fourth-order valence-corrected chi connectivity index (χ4v) is 3.86. The fourth-order valence-electron chi connectivity index (χ4n) is 2.86. The minimum Gasteiger partial charge on any atom is -0.480 e. The Kier molecular flexibility index (Phi) is 10.9. The number of thioether (sulfide) groups is 1. The molecular formula is C23H35NO5S. The van der Waals surface area contributed by atoms with Gasteiger partial charge in [-0.25, -0.2) is 4.79 Å². The van der Waals surface area contributed by atoms with Crippen LogP contribution in [-0.2, 0) is 14.4 Å². The molecule has 0 aromatic rings. The van der Waals surface area contributed by atoms with Gasteiger partial charge in [-0.2, -0.15) is 11.8 Å². The number of allylic oxidation sites excluding steroid dienone is 5. The SMILES string of the molecule is CC(C)=CCCC(C)=CCCC(C)=CCSCC(NC(=O)C1(C(=O)O)CC1)C(=O)O. The lowest BCUT2D eigenvalue weighted by Gasteiger charge is -2.17. The third kappa shape index (κ3) is 9.20. The summed E-state index contributed by atoms with van der Waals surface area (Å²) in [5, 5.41) is 20.8. The van der Waals surface area contributed by atoms with Crippen molar-refractivity contribution in [3.63, 3.8) is 0 Å². The summed E-state index contributed by atoms with van der Waals surface area (Å²) >= 11 is 1.41. The van der Waals surface area contributed by atoms with Gasteiger partial charge in [-0.15, -0.1) is 0 Å². The van der Waals surface area contributed by atoms with Gasteiger partial charge in [0.2, 0.25) is 5.91 Å². The summed E-state index contributed by atoms with van der Waals surface area (Å²) in [6.07, 6.45) is 11.2. The molecule has 0 aliphatic heterocycles. The number of aliphatic carboxylic acids is 2. The molecule has 3 N–H and O–H groups in total. The first-order chi connectivity index (χ1) is 14.1. The molecule has 0 heterocycles. The Labute approximate surface area is 183 Å². The number of hydrogen-bond donors (Lipinski definition) is 3. The maximum atomic E-state index is 12.1. The number of rotatable bonds is 14. The van der Waals surface area contributed by atoms with Gasteiger partial charge in [0.05, 0.1) is 0 Å². The molecule has 0 bridgehead atoms. The van der Waals surface area contributed by atoms with Crippen LogP contribution in [0.2, 0.25) is 0 Å². The number of carbonyl (C=O) groups is 3. The molecule has 6 nitrogen and oxygen atoms in total. The molecule has 0 saturated heterocycles. The molecule has 1 aliphatic rings. The molecule has 1 rings (SSSR count). The molecule has 0 aromatic heterocycles. The normalized spacial score (nSPS) is 16.5. The predicted molar refractivity (Wildman–Crippen MR) is 122 cm³/mol. The number of hydrogen-bond acceptors (Lipinski definition) is 4. The van der Waals surface area contributed by atoms with E-state index in [1.165, 1.54) is 28.5 Å². The van der Waals surface area contributed by atoms with Crippen molar-refractivity contribution in [2.45, 2.75) is 72.3 Å². The highest BCUT2D eigenvalue weighted by Crippen LogP contribution is 2.46. The zero-order valence-corrected chi connectivity index (χ0v) is 19.3. The summed E-state index contributed by atoms with van der Waals surface area (Å²) < 4.78 is 0. The predicted octanol–water partition coefficient (Wildman–Crippen LogP) is 4.57. The summed E-state index contributed by atoms with van der Waals surface area (Å²) in [6.45, 7) is 8.44. The quantitative estimate of drug-likeness (QED) is 0.209. The standard InChI is InChI=1S/C23H35NO5S/c1-16(2)7-5-8-17(3)9-6-10-18(4)11-14-30-15-19(20(25)26)24-21(27)23(12-13-23)22(28)29/h7,9,11,19H,5-6,8,10,12-15H2,1-4H3,(H,24,27)(H,25,26)(H,28,29). The molecule has 7 heteroatoms. The summed E-state index contributed by atoms with van der Waals surface area (Å²) in [5.41, 5.74) is 2.56. The van der Waals surface area contributed by atoms with E-state index in [4.69, 9.17) is 5.11 Å². The van der Waals surface area contributed by atoms with Crippen molar-refractivity contribution in [1.29, 1.82) is 0 Å². The van der Waals surface area contributed by atoms with E-state index in [9.17, 15) is 19.5 Å². The molecule has 1 amide bonds. The van der Waals surface area contributed by atoms with E-state index in [1.807, 2.05) is 0 Å². The van der Waals surface area contributed by atoms with Gasteiger partial charge < -0.3 is 15.5 Å². The molecule has 168 valence electrons. The van der Waals surface area contributed by atoms with Gasteiger partial charge in [-0.1, -0.05) is 34.9 Å². The second kappa shape index (κ2) is 12.6. The lowest BCUT2D eigenvalue weighted by Crippen LogP contribution is -2.47. The number of carbonyl (C=O) groups excluding carboxylic acids is 1. The van der Waals surface area contributed by atoms with Gasteiger partial charge in [0, 0.05) is 11.5 Å². The largest absolute Gasteiger partial charge is 0.480 e. The fraction of sp³-hybridized carbons (Fsp3) is 0.609. The highest BCUT2D eigenvalue weighted by molar-refractivity contribution is 7.99. The minimum atomic E-state index is -1.42. The van der Waals surface area contributed by atoms with Crippen molar-refractivity contribution in [1.82, 2.24) is 5.32 Å². The van der Waals surface area contributed by atoms with E-state index < -0.39 is 29.3 Å². The van der Waals surface area contributed by atoms with Crippen LogP contribution < -0.4 is 5.32 Å². The molecule has 1 unspecified atom stereocenters. The van der Waals surface area contributed by atoms with Gasteiger partial charge in [-0.3, -0.25) is 9.59 Å². The second-order valence-corrected chi connectivity index (χ2v) is 9.32. The Morgan fingerprint density at radius 1 is 0.967 bits per heavy atom. The minimum absolute atomic E-state index is 0.198. The molecule has 0 radical (unpaired) electrons. The van der Waals surface area contributed by atoms with E-state index in [0.717, 1.165) is 25.7 Å². The number of amides is 1. The number of carboxylic acid groups (broad SMARTS) is 2. The van der Waals surface area contributed by atoms with Crippen LogP contribution in [0.15, 0.2) is 34.9 Å². The third-order valence-electron chi connectivity index (χ3n) is 5.15. The molecule has 1 aliphatic carbocycles. The molecule has 1 saturated carbocycles. The van der Waals surface area contributed by atoms with E-state index in [0.29, 0.717) is 5.75 Å². The number of nitrogens with one attached hydrogen (secondary N) is 1. The van der Waals surface area contributed by atoms with Gasteiger partial charge in [-0.05, 0) is 66.2 Å². The van der Waals surface area contributed by atoms with Crippen LogP contribution in [0.5, 0.6) is 0 Å². The molecule has 1 fully saturated rings. The Hall–Kier alpha value is -2.02. The maximum absolute atomic E-state index is 12.1. The van der Waals surface area contributed by atoms with Crippen molar-refractivity contribution in [3.05, 3.63) is 34.9 Å². The highest BCUT2D eigenvalue weighted by atomic mass is 32.2. The Morgan fingerprint density at radius 3 is 2.03 bits per heavy atom. The van der Waals surface area contributed by atoms with E-state index in [1.54, 1.807) is 0 Å². The van der Waals surface area contributed by atoms with Crippen molar-refractivity contribution in [2.75, 3.05) is 11.5 Å². The average molecular weight is 438 g/mol. The third-order valence-corrected chi connectivity index (χ3v) is 6.13. The van der Waals surface area contributed by atoms with Crippen LogP contribution in [0.4, 0.5) is 0 Å². The Morgan fingerprint density at radius 2 is 1.53 bits per heavy atom. The zero-order chi connectivity index (χ0) is 22.7. The molecule has 0 aromatic carbocycles. The first-order valence-corrected chi connectivity index (χ1v) is 11.5. The van der Waals surface area contributed by atoms with Gasteiger partial charge in [0.1, 0.15) is 11.5 Å². The summed E-state index contributed by atoms with van der Waals surface area (Å²) in [6, 6.07) is -1.08. The first-order valence-electron chi connectivity index (χ1n) is 10.4. The lowest BCUT2D eigenvalue weighted by atomic mass is 10.1. The Balaban J connectivity index is 2.35. The van der Waals surface area contributed by atoms with Gasteiger partial charge in [0.25, 0.3) is 0 Å². The first kappa shape index (κ1) is 26.0. The maximum Gasteiger partial charge on any atom is 0.327 e. The molecule has 30 heavy (non-hydrogen) atoms. The van der Waals surface area contributed by atoms with Crippen LogP contribution in [0.25, 0.3) is 0 Å². The van der Waals surface area contributed by atoms with E-state index in [-0.39, 0.29) is 18.6 Å². The summed E-state index contributed by atoms with van der Waals surface area (Å²) in [4.78, 5) is 34.7. The summed E-state index contributed by atoms with van der Waals surface area (Å²) in [5.74, 6) is -2.17. The van der Waals surface area contributed by atoms with Crippen LogP contribution in [0, 0.1) is 5.41 Å². The van der Waals surface area contributed by atoms with Crippen molar-refractivity contribution in [2.24, 2.45) is 5.41 Å². The van der Waals surface area contributed by atoms with Crippen LogP contribution in [0.1, 0.15) is 66.2 Å². The number of carboxylic acids is 2. The van der Waals surface area contributed by atoms with Crippen LogP contribution in [-0.4, -0.2) is 45.6 Å². The summed E-state index contributed by atoms with van der Waals surface area (Å²) in [7, 11) is 0. The van der Waals surface area contributed by atoms with Crippen molar-refractivity contribution < 1.29 is 24.6 Å². The second-order valence-electron chi connectivity index (χ2n) is 8.25. The lowest BCUT2D eigenvalue weighted by molar-refractivity contribution is -0.151. The highest BCUT2D eigenvalue weighted by Gasteiger charge is 2.57. The molecule has 1 atom stereocenters. The molecule has 0 spiro atoms. The van der Waals surface area contributed by atoms with Crippen LogP contribution in [0.3, 0.4) is 0 Å². The van der Waals surface area contributed by atoms with Crippen molar-refractivity contribution >= 4 is 29.6 Å². The molecular weight excluding hydrogens is 402 g/mol. The van der Waals surface area contributed by atoms with E-state index in [2.05, 4.69) is 51.2 Å². The van der Waals surface area contributed by atoms with Gasteiger partial charge >= 0.3 is 11.9 Å². The van der Waals surface area contributed by atoms with Crippen LogP contribution >= 0.6 is 11.8 Å². The average Bonchev–Trinajstić information content (AvgIpc) is 3.45. The monoisotopic (exact) mass is 437 g/mol. The van der Waals surface area contributed by atoms with Crippen molar-refractivity contribution in [3.8, 4) is 0 Å². The topological polar surface area (TPSA) is 104 Å². The zero-order valence-electron chi connectivity index (χ0n) is 18.5. The Bertz CT molecular complexity index is 715. The van der Waals surface area contributed by atoms with E-state index >= 15 is 0 Å².